The van der Waals surface area contributed by atoms with Crippen molar-refractivity contribution < 1.29 is 13.5 Å². The van der Waals surface area contributed by atoms with Crippen molar-refractivity contribution in [3.63, 3.8) is 0 Å². The number of methoxy groups -OCH3 is 1. The van der Waals surface area contributed by atoms with Crippen LogP contribution in [0.25, 0.3) is 0 Å². The lowest BCUT2D eigenvalue weighted by atomic mass is 10.0. The molecule has 0 aliphatic heterocycles. The molecule has 0 heterocycles. The van der Waals surface area contributed by atoms with Gasteiger partial charge >= 0.3 is 0 Å². The van der Waals surface area contributed by atoms with E-state index in [1.54, 1.807) is 30.3 Å². The third-order valence-electron chi connectivity index (χ3n) is 2.89. The van der Waals surface area contributed by atoms with Crippen molar-refractivity contribution in [3.8, 4) is 5.75 Å². The first-order chi connectivity index (χ1) is 9.11. The van der Waals surface area contributed by atoms with Crippen LogP contribution in [0.5, 0.6) is 5.75 Å². The average Bonchev–Trinajstić information content (AvgIpc) is 2.41. The lowest BCUT2D eigenvalue weighted by Crippen LogP contribution is -1.99. The van der Waals surface area contributed by atoms with Crippen LogP contribution in [0.4, 0.5) is 8.78 Å². The summed E-state index contributed by atoms with van der Waals surface area (Å²) in [6.45, 7) is 0. The molecule has 1 unspecified atom stereocenters. The van der Waals surface area contributed by atoms with Crippen LogP contribution in [0.2, 0.25) is 0 Å². The molecule has 100 valence electrons. The number of hydrogen-bond acceptors (Lipinski definition) is 1. The van der Waals surface area contributed by atoms with Crippen LogP contribution in [0, 0.1) is 11.6 Å². The van der Waals surface area contributed by atoms with Crippen LogP contribution in [0.3, 0.4) is 0 Å². The van der Waals surface area contributed by atoms with Crippen molar-refractivity contribution in [2.24, 2.45) is 0 Å². The molecule has 0 fully saturated rings. The topological polar surface area (TPSA) is 9.23 Å². The molecule has 1 atom stereocenters. The second-order valence-corrected chi connectivity index (χ2v) is 5.26. The number of rotatable bonds is 4. The van der Waals surface area contributed by atoms with Gasteiger partial charge in [0.05, 0.1) is 7.11 Å². The van der Waals surface area contributed by atoms with E-state index in [1.165, 1.54) is 19.2 Å². The number of alkyl halides is 1. The van der Waals surface area contributed by atoms with Crippen molar-refractivity contribution in [1.29, 1.82) is 0 Å². The highest BCUT2D eigenvalue weighted by Gasteiger charge is 2.13. The molecule has 2 aromatic rings. The van der Waals surface area contributed by atoms with Crippen molar-refractivity contribution >= 4 is 15.9 Å². The van der Waals surface area contributed by atoms with Gasteiger partial charge in [-0.05, 0) is 35.7 Å². The molecular weight excluding hydrogens is 314 g/mol. The van der Waals surface area contributed by atoms with E-state index in [0.29, 0.717) is 12.0 Å². The molecule has 19 heavy (non-hydrogen) atoms. The van der Waals surface area contributed by atoms with Crippen molar-refractivity contribution in [2.75, 3.05) is 7.11 Å². The highest BCUT2D eigenvalue weighted by atomic mass is 79.9. The second kappa shape index (κ2) is 6.15. The van der Waals surface area contributed by atoms with Crippen LogP contribution >= 0.6 is 15.9 Å². The number of ether oxygens (including phenoxy) is 1. The quantitative estimate of drug-likeness (QED) is 0.743. The maximum absolute atomic E-state index is 13.6. The van der Waals surface area contributed by atoms with E-state index in [4.69, 9.17) is 4.74 Å². The van der Waals surface area contributed by atoms with Gasteiger partial charge in [-0.15, -0.1) is 0 Å². The Morgan fingerprint density at radius 2 is 1.84 bits per heavy atom. The first kappa shape index (κ1) is 14.0. The Labute approximate surface area is 119 Å². The summed E-state index contributed by atoms with van der Waals surface area (Å²) in [7, 11) is 1.42. The normalized spacial score (nSPS) is 12.2. The second-order valence-electron chi connectivity index (χ2n) is 4.16. The molecule has 0 saturated carbocycles. The van der Waals surface area contributed by atoms with E-state index in [2.05, 4.69) is 15.9 Å². The molecule has 0 spiro atoms. The Morgan fingerprint density at radius 1 is 1.11 bits per heavy atom. The third-order valence-corrected chi connectivity index (χ3v) is 3.75. The fourth-order valence-electron chi connectivity index (χ4n) is 1.85. The standard InChI is InChI=1S/C15H13BrF2O/c1-19-15-7-6-10(9-14(15)18)12(16)8-11-4-2-3-5-13(11)17/h2-7,9,12H,8H2,1H3. The first-order valence-corrected chi connectivity index (χ1v) is 6.74. The van der Waals surface area contributed by atoms with E-state index >= 15 is 0 Å². The van der Waals surface area contributed by atoms with Gasteiger partial charge in [0, 0.05) is 4.83 Å². The Kier molecular flexibility index (Phi) is 4.53. The summed E-state index contributed by atoms with van der Waals surface area (Å²) < 4.78 is 32.0. The molecule has 2 rings (SSSR count). The fraction of sp³-hybridized carbons (Fsp3) is 0.200. The third kappa shape index (κ3) is 3.32. The zero-order valence-electron chi connectivity index (χ0n) is 10.4. The van der Waals surface area contributed by atoms with Gasteiger partial charge in [0.15, 0.2) is 11.6 Å². The minimum atomic E-state index is -0.419. The van der Waals surface area contributed by atoms with E-state index in [0.717, 1.165) is 5.56 Å². The summed E-state index contributed by atoms with van der Waals surface area (Å²) in [6, 6.07) is 11.3. The minimum absolute atomic E-state index is 0.148. The van der Waals surface area contributed by atoms with Crippen molar-refractivity contribution in [1.82, 2.24) is 0 Å². The molecule has 4 heteroatoms. The summed E-state index contributed by atoms with van der Waals surface area (Å²) in [5.74, 6) is -0.465. The number of halogens is 3. The smallest absolute Gasteiger partial charge is 0.165 e. The molecule has 0 radical (unpaired) electrons. The molecule has 0 aliphatic carbocycles. The summed E-state index contributed by atoms with van der Waals surface area (Å²) in [6.07, 6.45) is 0.457. The molecular formula is C15H13BrF2O. The Balaban J connectivity index is 2.18. The highest BCUT2D eigenvalue weighted by molar-refractivity contribution is 9.09. The van der Waals surface area contributed by atoms with Gasteiger partial charge in [-0.1, -0.05) is 40.2 Å². The van der Waals surface area contributed by atoms with E-state index in [9.17, 15) is 8.78 Å². The van der Waals surface area contributed by atoms with Gasteiger partial charge in [0.2, 0.25) is 0 Å². The number of hydrogen-bond donors (Lipinski definition) is 0. The predicted octanol–water partition coefficient (Wildman–Crippen LogP) is 4.65. The summed E-state index contributed by atoms with van der Waals surface area (Å²) in [5, 5.41) is 0. The van der Waals surface area contributed by atoms with Gasteiger partial charge < -0.3 is 4.74 Å². The summed E-state index contributed by atoms with van der Waals surface area (Å²) in [5.41, 5.74) is 1.35. The molecule has 0 saturated heterocycles. The van der Waals surface area contributed by atoms with Crippen LogP contribution in [0.15, 0.2) is 42.5 Å². The monoisotopic (exact) mass is 326 g/mol. The van der Waals surface area contributed by atoms with E-state index < -0.39 is 5.82 Å². The minimum Gasteiger partial charge on any atom is -0.494 e. The average molecular weight is 327 g/mol. The van der Waals surface area contributed by atoms with Gasteiger partial charge in [-0.25, -0.2) is 8.78 Å². The Bertz CT molecular complexity index is 572. The van der Waals surface area contributed by atoms with E-state index in [-0.39, 0.29) is 16.4 Å². The maximum atomic E-state index is 13.6. The van der Waals surface area contributed by atoms with Gasteiger partial charge in [-0.2, -0.15) is 0 Å². The predicted molar refractivity (Wildman–Crippen MR) is 74.7 cm³/mol. The van der Waals surface area contributed by atoms with Crippen LogP contribution < -0.4 is 4.74 Å². The molecule has 0 amide bonds. The number of benzene rings is 2. The summed E-state index contributed by atoms with van der Waals surface area (Å²) >= 11 is 3.46. The molecule has 0 bridgehead atoms. The maximum Gasteiger partial charge on any atom is 0.165 e. The largest absolute Gasteiger partial charge is 0.494 e. The van der Waals surface area contributed by atoms with Gasteiger partial charge in [-0.3, -0.25) is 0 Å². The van der Waals surface area contributed by atoms with Gasteiger partial charge in [0.1, 0.15) is 5.82 Å². The van der Waals surface area contributed by atoms with Crippen molar-refractivity contribution in [2.45, 2.75) is 11.2 Å². The SMILES string of the molecule is COc1ccc(C(Br)Cc2ccccc2F)cc1F. The highest BCUT2D eigenvalue weighted by Crippen LogP contribution is 2.30. The van der Waals surface area contributed by atoms with Crippen LogP contribution in [-0.2, 0) is 6.42 Å². The lowest BCUT2D eigenvalue weighted by molar-refractivity contribution is 0.386. The molecule has 1 nitrogen and oxygen atoms in total. The van der Waals surface area contributed by atoms with E-state index in [1.807, 2.05) is 0 Å². The first-order valence-electron chi connectivity index (χ1n) is 5.82. The fourth-order valence-corrected chi connectivity index (χ4v) is 2.49. The molecule has 0 aliphatic rings. The summed E-state index contributed by atoms with van der Waals surface area (Å²) in [4.78, 5) is -0.148. The zero-order valence-corrected chi connectivity index (χ0v) is 12.0. The molecule has 0 N–H and O–H groups in total. The lowest BCUT2D eigenvalue weighted by Gasteiger charge is -2.12. The Morgan fingerprint density at radius 3 is 2.47 bits per heavy atom. The zero-order chi connectivity index (χ0) is 13.8. The van der Waals surface area contributed by atoms with Gasteiger partial charge in [0.25, 0.3) is 0 Å². The molecule has 2 aromatic carbocycles. The van der Waals surface area contributed by atoms with Crippen molar-refractivity contribution in [3.05, 3.63) is 65.2 Å². The Hall–Kier alpha value is -1.42. The van der Waals surface area contributed by atoms with Crippen LogP contribution in [-0.4, -0.2) is 7.11 Å². The van der Waals surface area contributed by atoms with Crippen LogP contribution in [0.1, 0.15) is 16.0 Å². The molecule has 0 aromatic heterocycles.